The largest absolute Gasteiger partial charge is 0.482 e. The van der Waals surface area contributed by atoms with E-state index in [4.69, 9.17) is 37.4 Å². The number of alkyl halides is 3. The van der Waals surface area contributed by atoms with Crippen molar-refractivity contribution in [1.29, 1.82) is 0 Å². The van der Waals surface area contributed by atoms with Crippen molar-refractivity contribution in [2.75, 3.05) is 65.6 Å². The fourth-order valence-corrected chi connectivity index (χ4v) is 7.18. The van der Waals surface area contributed by atoms with Crippen LogP contribution in [0.3, 0.4) is 0 Å². The Hall–Kier alpha value is -5.15. The minimum Gasteiger partial charge on any atom is -0.482 e. The molecule has 312 valence electrons. The standard InChI is InChI=1S/C43H43Cl2F3N4O7/c44-35-9-6-31(7-10-35)23-40(54)52-20-16-50(17-21-52)27-33-25-36(45)11-13-38(33)58-29-42(56)59-41(55)28-57-37-12-8-34(43(46,47)48)24-32(37)26-49-14-18-51(19-15-49)39(53)22-30-4-2-1-3-5-30/h1-13,24-25H,14-23,26-29H2. The van der Waals surface area contributed by atoms with Crippen molar-refractivity contribution in [3.63, 3.8) is 0 Å². The molecule has 2 aliphatic rings. The Morgan fingerprint density at radius 1 is 0.559 bits per heavy atom. The summed E-state index contributed by atoms with van der Waals surface area (Å²) >= 11 is 12.2. The zero-order valence-electron chi connectivity index (χ0n) is 32.1. The van der Waals surface area contributed by atoms with Crippen molar-refractivity contribution in [3.05, 3.63) is 129 Å². The second-order valence-corrected chi connectivity index (χ2v) is 15.1. The Kier molecular flexibility index (Phi) is 14.9. The summed E-state index contributed by atoms with van der Waals surface area (Å²) < 4.78 is 57.3. The first-order chi connectivity index (χ1) is 28.3. The van der Waals surface area contributed by atoms with Gasteiger partial charge < -0.3 is 24.0 Å². The van der Waals surface area contributed by atoms with Crippen LogP contribution in [-0.2, 0) is 56.0 Å². The molecule has 2 heterocycles. The van der Waals surface area contributed by atoms with Gasteiger partial charge in [-0.15, -0.1) is 0 Å². The van der Waals surface area contributed by atoms with Gasteiger partial charge in [0.15, 0.2) is 13.2 Å². The molecule has 2 saturated heterocycles. The number of amides is 2. The lowest BCUT2D eigenvalue weighted by molar-refractivity contribution is -0.162. The molecule has 6 rings (SSSR count). The van der Waals surface area contributed by atoms with Gasteiger partial charge in [0.25, 0.3) is 0 Å². The number of carbonyl (C=O) groups excluding carboxylic acids is 4. The van der Waals surface area contributed by atoms with Crippen molar-refractivity contribution in [3.8, 4) is 11.5 Å². The van der Waals surface area contributed by atoms with Gasteiger partial charge >= 0.3 is 18.1 Å². The lowest BCUT2D eigenvalue weighted by atomic mass is 10.1. The zero-order valence-corrected chi connectivity index (χ0v) is 33.6. The number of rotatable bonds is 14. The maximum atomic E-state index is 13.7. The molecule has 0 saturated carbocycles. The van der Waals surface area contributed by atoms with Crippen LogP contribution in [0.25, 0.3) is 0 Å². The maximum absolute atomic E-state index is 13.7. The molecule has 4 aromatic rings. The Labute approximate surface area is 350 Å². The number of hydrogen-bond acceptors (Lipinski definition) is 9. The molecule has 0 atom stereocenters. The molecule has 16 heteroatoms. The first-order valence-corrected chi connectivity index (χ1v) is 19.8. The molecule has 0 aromatic heterocycles. The van der Waals surface area contributed by atoms with Crippen LogP contribution >= 0.6 is 23.2 Å². The molecule has 0 N–H and O–H groups in total. The van der Waals surface area contributed by atoms with Gasteiger partial charge in [-0.1, -0.05) is 65.7 Å². The summed E-state index contributed by atoms with van der Waals surface area (Å²) in [5.74, 6) is -1.69. The number of hydrogen-bond donors (Lipinski definition) is 0. The van der Waals surface area contributed by atoms with Gasteiger partial charge in [-0.2, -0.15) is 13.2 Å². The fourth-order valence-electron chi connectivity index (χ4n) is 6.86. The van der Waals surface area contributed by atoms with E-state index in [9.17, 15) is 32.3 Å². The third-order valence-corrected chi connectivity index (χ3v) is 10.5. The summed E-state index contributed by atoms with van der Waals surface area (Å²) in [6.07, 6.45) is -4.07. The van der Waals surface area contributed by atoms with Gasteiger partial charge in [0, 0.05) is 86.6 Å². The number of carbonyl (C=O) groups is 4. The van der Waals surface area contributed by atoms with E-state index in [0.717, 1.165) is 29.3 Å². The van der Waals surface area contributed by atoms with E-state index >= 15 is 0 Å². The Morgan fingerprint density at radius 3 is 1.53 bits per heavy atom. The van der Waals surface area contributed by atoms with Gasteiger partial charge in [0.05, 0.1) is 18.4 Å². The van der Waals surface area contributed by atoms with E-state index in [1.807, 2.05) is 52.3 Å². The minimum atomic E-state index is -4.61. The van der Waals surface area contributed by atoms with Crippen molar-refractivity contribution in [2.45, 2.75) is 32.1 Å². The highest BCUT2D eigenvalue weighted by molar-refractivity contribution is 6.30. The number of ether oxygens (including phenoxy) is 3. The van der Waals surface area contributed by atoms with Crippen molar-refractivity contribution >= 4 is 47.0 Å². The second-order valence-electron chi connectivity index (χ2n) is 14.3. The molecule has 2 fully saturated rings. The lowest BCUT2D eigenvalue weighted by Gasteiger charge is -2.35. The van der Waals surface area contributed by atoms with E-state index in [1.54, 1.807) is 35.2 Å². The molecular formula is C43H43Cl2F3N4O7. The number of benzene rings is 4. The molecule has 0 spiro atoms. The molecule has 11 nitrogen and oxygen atoms in total. The fraction of sp³-hybridized carbons (Fsp3) is 0.349. The highest BCUT2D eigenvalue weighted by atomic mass is 35.5. The molecule has 59 heavy (non-hydrogen) atoms. The van der Waals surface area contributed by atoms with Crippen molar-refractivity contribution < 1.29 is 46.6 Å². The van der Waals surface area contributed by atoms with Crippen molar-refractivity contribution in [1.82, 2.24) is 19.6 Å². The van der Waals surface area contributed by atoms with E-state index in [2.05, 4.69) is 4.90 Å². The highest BCUT2D eigenvalue weighted by Gasteiger charge is 2.32. The SMILES string of the molecule is O=C(COc1ccc(Cl)cc1CN1CCN(C(=O)Cc2ccc(Cl)cc2)CC1)OC(=O)COc1ccc(C(F)(F)F)cc1CN1CCN(C(=O)Cc2ccccc2)CC1. The summed E-state index contributed by atoms with van der Waals surface area (Å²) in [6.45, 7) is 3.05. The number of esters is 2. The second kappa shape index (κ2) is 20.2. The quantitative estimate of drug-likeness (QED) is 0.107. The summed E-state index contributed by atoms with van der Waals surface area (Å²) in [5, 5.41) is 1.06. The lowest BCUT2D eigenvalue weighted by Crippen LogP contribution is -2.48. The van der Waals surface area contributed by atoms with E-state index in [0.29, 0.717) is 80.3 Å². The monoisotopic (exact) mass is 854 g/mol. The molecular weight excluding hydrogens is 812 g/mol. The van der Waals surface area contributed by atoms with Crippen LogP contribution < -0.4 is 9.47 Å². The van der Waals surface area contributed by atoms with E-state index in [-0.39, 0.29) is 42.5 Å². The first-order valence-electron chi connectivity index (χ1n) is 19.1. The van der Waals surface area contributed by atoms with Crippen LogP contribution in [-0.4, -0.2) is 109 Å². The van der Waals surface area contributed by atoms with Crippen LogP contribution in [0, 0.1) is 0 Å². The van der Waals surface area contributed by atoms with Crippen LogP contribution in [0.4, 0.5) is 13.2 Å². The van der Waals surface area contributed by atoms with Gasteiger partial charge in [0.2, 0.25) is 11.8 Å². The average molecular weight is 856 g/mol. The van der Waals surface area contributed by atoms with Crippen LogP contribution in [0.5, 0.6) is 11.5 Å². The maximum Gasteiger partial charge on any atom is 0.416 e. The Bertz CT molecular complexity index is 2090. The summed E-state index contributed by atoms with van der Waals surface area (Å²) in [4.78, 5) is 58.6. The number of halogens is 5. The van der Waals surface area contributed by atoms with Crippen molar-refractivity contribution in [2.24, 2.45) is 0 Å². The molecule has 0 aliphatic carbocycles. The normalized spacial score (nSPS) is 15.1. The molecule has 0 unspecified atom stereocenters. The Balaban J connectivity index is 0.968. The minimum absolute atomic E-state index is 0.0242. The average Bonchev–Trinajstić information content (AvgIpc) is 3.21. The molecule has 0 radical (unpaired) electrons. The third-order valence-electron chi connectivity index (χ3n) is 10.0. The zero-order chi connectivity index (χ0) is 41.9. The van der Waals surface area contributed by atoms with Gasteiger partial charge in [0.1, 0.15) is 11.5 Å². The van der Waals surface area contributed by atoms with E-state index < -0.39 is 36.9 Å². The topological polar surface area (TPSA) is 109 Å². The highest BCUT2D eigenvalue weighted by Crippen LogP contribution is 2.33. The predicted octanol–water partition coefficient (Wildman–Crippen LogP) is 6.31. The van der Waals surface area contributed by atoms with Crippen LogP contribution in [0.2, 0.25) is 10.0 Å². The summed E-state index contributed by atoms with van der Waals surface area (Å²) in [6, 6.07) is 24.4. The Morgan fingerprint density at radius 2 is 1.02 bits per heavy atom. The first kappa shape index (κ1) is 43.4. The summed E-state index contributed by atoms with van der Waals surface area (Å²) in [7, 11) is 0. The van der Waals surface area contributed by atoms with Gasteiger partial charge in [-0.3, -0.25) is 19.4 Å². The molecule has 4 aromatic carbocycles. The molecule has 2 amide bonds. The van der Waals surface area contributed by atoms with Gasteiger partial charge in [-0.25, -0.2) is 9.59 Å². The summed E-state index contributed by atoms with van der Waals surface area (Å²) in [5.41, 5.74) is 1.78. The molecule has 0 bridgehead atoms. The van der Waals surface area contributed by atoms with Gasteiger partial charge in [-0.05, 0) is 59.7 Å². The number of nitrogens with zero attached hydrogens (tertiary/aromatic N) is 4. The van der Waals surface area contributed by atoms with E-state index in [1.165, 1.54) is 0 Å². The molecule has 2 aliphatic heterocycles. The van der Waals surface area contributed by atoms with Crippen LogP contribution in [0.1, 0.15) is 27.8 Å². The smallest absolute Gasteiger partial charge is 0.416 e. The van der Waals surface area contributed by atoms with Crippen LogP contribution in [0.15, 0.2) is 91.0 Å². The number of piperazine rings is 2. The predicted molar refractivity (Wildman–Crippen MR) is 214 cm³/mol. The third kappa shape index (κ3) is 12.9.